The number of carbonyl (C=O) groups is 2. The Kier molecular flexibility index (Phi) is 5.53. The first-order chi connectivity index (χ1) is 16.6. The van der Waals surface area contributed by atoms with E-state index in [9.17, 15) is 22.8 Å². The minimum atomic E-state index is -4.47. The van der Waals surface area contributed by atoms with Gasteiger partial charge in [0, 0.05) is 43.9 Å². The van der Waals surface area contributed by atoms with Crippen LogP contribution in [0.1, 0.15) is 49.3 Å². The summed E-state index contributed by atoms with van der Waals surface area (Å²) in [6, 6.07) is 8.75. The van der Waals surface area contributed by atoms with Gasteiger partial charge in [-0.3, -0.25) is 9.69 Å². The molecule has 1 aliphatic carbocycles. The van der Waals surface area contributed by atoms with Gasteiger partial charge in [-0.15, -0.1) is 0 Å². The number of halogens is 3. The number of rotatable bonds is 3. The van der Waals surface area contributed by atoms with Gasteiger partial charge in [0.05, 0.1) is 11.3 Å². The number of amides is 3. The zero-order valence-electron chi connectivity index (χ0n) is 19.5. The van der Waals surface area contributed by atoms with Crippen molar-refractivity contribution in [2.75, 3.05) is 23.8 Å². The molecule has 2 aliphatic heterocycles. The van der Waals surface area contributed by atoms with Crippen LogP contribution in [0.2, 0.25) is 0 Å². The zero-order chi connectivity index (χ0) is 25.0. The van der Waals surface area contributed by atoms with E-state index >= 15 is 0 Å². The standard InChI is InChI=1S/C26H26F3N3O3/c1-3-32-15-16-5-7-19(13-21(16)31(2)24(32)34)30-23(33)11-17-14-25(9-4-10-25)35-22-12-18(26(27,28)29)6-8-20(17)22/h5-8,11-13H,3-4,9-10,14-15H2,1-2H3,(H,30,33). The lowest BCUT2D eigenvalue weighted by atomic mass is 9.72. The first-order valence-electron chi connectivity index (χ1n) is 11.7. The van der Waals surface area contributed by atoms with E-state index < -0.39 is 17.3 Å². The van der Waals surface area contributed by atoms with Gasteiger partial charge in [0.2, 0.25) is 5.91 Å². The van der Waals surface area contributed by atoms with E-state index in [2.05, 4.69) is 5.32 Å². The molecule has 184 valence electrons. The largest absolute Gasteiger partial charge is 0.486 e. The summed E-state index contributed by atoms with van der Waals surface area (Å²) in [5.41, 5.74) is 2.08. The van der Waals surface area contributed by atoms with Crippen molar-refractivity contribution in [2.45, 2.75) is 50.9 Å². The first-order valence-corrected chi connectivity index (χ1v) is 11.7. The molecule has 1 spiro atoms. The van der Waals surface area contributed by atoms with Crippen LogP contribution in [0.4, 0.5) is 29.3 Å². The van der Waals surface area contributed by atoms with Crippen molar-refractivity contribution in [3.8, 4) is 5.75 Å². The number of hydrogen-bond acceptors (Lipinski definition) is 3. The average molecular weight is 486 g/mol. The number of hydrogen-bond donors (Lipinski definition) is 1. The number of nitrogens with one attached hydrogen (secondary N) is 1. The van der Waals surface area contributed by atoms with Crippen molar-refractivity contribution in [2.24, 2.45) is 0 Å². The fraction of sp³-hybridized carbons (Fsp3) is 0.385. The van der Waals surface area contributed by atoms with E-state index in [0.29, 0.717) is 36.3 Å². The Labute approximate surface area is 201 Å². The lowest BCUT2D eigenvalue weighted by Gasteiger charge is -2.46. The normalized spacial score (nSPS) is 19.7. The molecule has 2 aromatic carbocycles. The summed E-state index contributed by atoms with van der Waals surface area (Å²) in [5, 5.41) is 2.84. The quantitative estimate of drug-likeness (QED) is 0.557. The maximum absolute atomic E-state index is 13.2. The fourth-order valence-electron chi connectivity index (χ4n) is 5.00. The molecule has 0 radical (unpaired) electrons. The second-order valence-corrected chi connectivity index (χ2v) is 9.38. The molecule has 3 amide bonds. The van der Waals surface area contributed by atoms with Crippen LogP contribution in [-0.2, 0) is 17.5 Å². The number of carbonyl (C=O) groups excluding carboxylic acids is 2. The van der Waals surface area contributed by atoms with E-state index in [-0.39, 0.29) is 17.7 Å². The molecule has 2 aromatic rings. The van der Waals surface area contributed by atoms with E-state index in [0.717, 1.165) is 42.6 Å². The fourth-order valence-corrected chi connectivity index (χ4v) is 5.00. The molecule has 0 aromatic heterocycles. The third-order valence-corrected chi connectivity index (χ3v) is 7.08. The van der Waals surface area contributed by atoms with Crippen molar-refractivity contribution in [3.05, 3.63) is 59.2 Å². The van der Waals surface area contributed by atoms with Crippen LogP contribution in [-0.4, -0.2) is 36.0 Å². The van der Waals surface area contributed by atoms with Gasteiger partial charge in [0.25, 0.3) is 0 Å². The van der Waals surface area contributed by atoms with Crippen molar-refractivity contribution in [1.29, 1.82) is 0 Å². The number of alkyl halides is 3. The molecule has 6 nitrogen and oxygen atoms in total. The lowest BCUT2D eigenvalue weighted by molar-refractivity contribution is -0.138. The molecule has 0 saturated heterocycles. The van der Waals surface area contributed by atoms with E-state index in [1.807, 2.05) is 13.0 Å². The topological polar surface area (TPSA) is 61.9 Å². The Morgan fingerprint density at radius 1 is 1.20 bits per heavy atom. The second-order valence-electron chi connectivity index (χ2n) is 9.38. The SMILES string of the molecule is CCN1Cc2ccc(NC(=O)C=C3CC4(CCC4)Oc4cc(C(F)(F)F)ccc43)cc2N(C)C1=O. The van der Waals surface area contributed by atoms with Gasteiger partial charge in [0.1, 0.15) is 11.4 Å². The highest BCUT2D eigenvalue weighted by molar-refractivity contribution is 6.05. The van der Waals surface area contributed by atoms with Crippen LogP contribution in [0.3, 0.4) is 0 Å². The van der Waals surface area contributed by atoms with Crippen LogP contribution in [0.5, 0.6) is 5.75 Å². The third-order valence-electron chi connectivity index (χ3n) is 7.08. The van der Waals surface area contributed by atoms with Gasteiger partial charge in [-0.25, -0.2) is 4.79 Å². The number of benzene rings is 2. The number of anilines is 2. The number of urea groups is 1. The molecule has 1 N–H and O–H groups in total. The predicted molar refractivity (Wildman–Crippen MR) is 126 cm³/mol. The Balaban J connectivity index is 1.41. The van der Waals surface area contributed by atoms with Crippen molar-refractivity contribution < 1.29 is 27.5 Å². The highest BCUT2D eigenvalue weighted by Crippen LogP contribution is 2.50. The molecule has 3 aliphatic rings. The Hall–Kier alpha value is -3.49. The zero-order valence-corrected chi connectivity index (χ0v) is 19.5. The third kappa shape index (κ3) is 4.24. The summed E-state index contributed by atoms with van der Waals surface area (Å²) < 4.78 is 45.8. The first kappa shape index (κ1) is 23.3. The summed E-state index contributed by atoms with van der Waals surface area (Å²) in [5.74, 6) is -0.221. The van der Waals surface area contributed by atoms with Gasteiger partial charge < -0.3 is 15.0 Å². The van der Waals surface area contributed by atoms with Crippen molar-refractivity contribution in [1.82, 2.24) is 4.90 Å². The summed E-state index contributed by atoms with van der Waals surface area (Å²) in [6.45, 7) is 3.03. The van der Waals surface area contributed by atoms with Gasteiger partial charge in [-0.1, -0.05) is 12.1 Å². The van der Waals surface area contributed by atoms with Crippen LogP contribution < -0.4 is 15.0 Å². The Morgan fingerprint density at radius 3 is 2.63 bits per heavy atom. The van der Waals surface area contributed by atoms with Gasteiger partial charge >= 0.3 is 12.2 Å². The van der Waals surface area contributed by atoms with Crippen molar-refractivity contribution >= 4 is 28.9 Å². The van der Waals surface area contributed by atoms with E-state index in [1.165, 1.54) is 12.1 Å². The van der Waals surface area contributed by atoms with Crippen LogP contribution in [0.15, 0.2) is 42.5 Å². The van der Waals surface area contributed by atoms with Crippen LogP contribution >= 0.6 is 0 Å². The van der Waals surface area contributed by atoms with Gasteiger partial charge in [0.15, 0.2) is 0 Å². The van der Waals surface area contributed by atoms with Gasteiger partial charge in [-0.2, -0.15) is 13.2 Å². The highest BCUT2D eigenvalue weighted by Gasteiger charge is 2.44. The minimum absolute atomic E-state index is 0.103. The summed E-state index contributed by atoms with van der Waals surface area (Å²) in [4.78, 5) is 28.7. The number of nitrogens with zero attached hydrogens (tertiary/aromatic N) is 2. The van der Waals surface area contributed by atoms with E-state index in [1.54, 1.807) is 29.0 Å². The summed E-state index contributed by atoms with van der Waals surface area (Å²) in [7, 11) is 1.70. The number of fused-ring (bicyclic) bond motifs is 2. The molecule has 2 heterocycles. The molecule has 0 unspecified atom stereocenters. The minimum Gasteiger partial charge on any atom is -0.486 e. The molecule has 35 heavy (non-hydrogen) atoms. The Bertz CT molecular complexity index is 1230. The number of ether oxygens (including phenoxy) is 1. The van der Waals surface area contributed by atoms with Crippen molar-refractivity contribution in [3.63, 3.8) is 0 Å². The average Bonchev–Trinajstić information content (AvgIpc) is 2.79. The maximum atomic E-state index is 13.2. The molecular weight excluding hydrogens is 459 g/mol. The predicted octanol–water partition coefficient (Wildman–Crippen LogP) is 5.82. The summed E-state index contributed by atoms with van der Waals surface area (Å²) >= 11 is 0. The molecule has 0 bridgehead atoms. The molecule has 5 rings (SSSR count). The summed E-state index contributed by atoms with van der Waals surface area (Å²) in [6.07, 6.45) is -0.151. The second kappa shape index (κ2) is 8.32. The molecule has 0 atom stereocenters. The highest BCUT2D eigenvalue weighted by atomic mass is 19.4. The molecule has 1 fully saturated rings. The monoisotopic (exact) mass is 485 g/mol. The maximum Gasteiger partial charge on any atom is 0.416 e. The Morgan fingerprint density at radius 2 is 1.97 bits per heavy atom. The smallest absolute Gasteiger partial charge is 0.416 e. The van der Waals surface area contributed by atoms with Crippen LogP contribution in [0.25, 0.3) is 5.57 Å². The molecular formula is C26H26F3N3O3. The molecule has 9 heteroatoms. The van der Waals surface area contributed by atoms with E-state index in [4.69, 9.17) is 4.74 Å². The van der Waals surface area contributed by atoms with Gasteiger partial charge in [-0.05, 0) is 61.6 Å². The lowest BCUT2D eigenvalue weighted by Crippen LogP contribution is -2.45. The molecule has 1 saturated carbocycles. The van der Waals surface area contributed by atoms with Crippen LogP contribution in [0, 0.1) is 0 Å².